The second kappa shape index (κ2) is 7.31. The molecule has 1 N–H and O–H groups in total. The second-order valence-electron chi connectivity index (χ2n) is 7.26. The first-order valence-corrected chi connectivity index (χ1v) is 8.48. The lowest BCUT2D eigenvalue weighted by atomic mass is 9.83. The molecule has 0 fully saturated rings. The Morgan fingerprint density at radius 3 is 2.76 bits per heavy atom. The first-order valence-electron chi connectivity index (χ1n) is 8.48. The first-order chi connectivity index (χ1) is 10.0. The van der Waals surface area contributed by atoms with Crippen molar-refractivity contribution in [1.82, 2.24) is 5.32 Å². The van der Waals surface area contributed by atoms with Crippen molar-refractivity contribution < 1.29 is 4.74 Å². The Kier molecular flexibility index (Phi) is 5.69. The van der Waals surface area contributed by atoms with E-state index in [2.05, 4.69) is 51.2 Å². The Morgan fingerprint density at radius 2 is 2.05 bits per heavy atom. The van der Waals surface area contributed by atoms with Crippen LogP contribution in [-0.4, -0.2) is 19.2 Å². The number of ether oxygens (including phenoxy) is 1. The van der Waals surface area contributed by atoms with E-state index in [1.807, 2.05) is 0 Å². The van der Waals surface area contributed by atoms with Gasteiger partial charge in [0.05, 0.1) is 6.61 Å². The number of hydrogen-bond acceptors (Lipinski definition) is 2. The smallest absolute Gasteiger partial charge is 0.122 e. The molecule has 0 radical (unpaired) electrons. The minimum atomic E-state index is 0.348. The standard InChI is InChI=1S/C19H31NO/c1-5-20-18(19(2,3)4)9-7-6-8-15-10-11-17-16(14-15)12-13-21-17/h10-11,14,18,20H,5-9,12-13H2,1-4H3. The van der Waals surface area contributed by atoms with E-state index in [-0.39, 0.29) is 0 Å². The van der Waals surface area contributed by atoms with Crippen LogP contribution in [0, 0.1) is 5.41 Å². The number of benzene rings is 1. The third kappa shape index (κ3) is 4.74. The molecule has 2 rings (SSSR count). The Hall–Kier alpha value is -1.02. The summed E-state index contributed by atoms with van der Waals surface area (Å²) in [5, 5.41) is 3.64. The van der Waals surface area contributed by atoms with Gasteiger partial charge in [-0.3, -0.25) is 0 Å². The fraction of sp³-hybridized carbons (Fsp3) is 0.684. The Balaban J connectivity index is 1.76. The van der Waals surface area contributed by atoms with Crippen molar-refractivity contribution in [2.24, 2.45) is 5.41 Å². The molecule has 1 aromatic carbocycles. The summed E-state index contributed by atoms with van der Waals surface area (Å²) >= 11 is 0. The highest BCUT2D eigenvalue weighted by atomic mass is 16.5. The molecule has 1 aliphatic heterocycles. The van der Waals surface area contributed by atoms with Crippen LogP contribution >= 0.6 is 0 Å². The summed E-state index contributed by atoms with van der Waals surface area (Å²) in [5.41, 5.74) is 3.21. The van der Waals surface area contributed by atoms with Crippen LogP contribution < -0.4 is 10.1 Å². The van der Waals surface area contributed by atoms with Crippen molar-refractivity contribution >= 4 is 0 Å². The predicted octanol–water partition coefficient (Wildman–Crippen LogP) is 4.36. The van der Waals surface area contributed by atoms with E-state index in [9.17, 15) is 0 Å². The van der Waals surface area contributed by atoms with Gasteiger partial charge in [-0.05, 0) is 48.4 Å². The minimum absolute atomic E-state index is 0.348. The van der Waals surface area contributed by atoms with Crippen LogP contribution in [-0.2, 0) is 12.8 Å². The van der Waals surface area contributed by atoms with E-state index in [1.54, 1.807) is 0 Å². The SMILES string of the molecule is CCNC(CCCCc1ccc2c(c1)CCO2)C(C)(C)C. The topological polar surface area (TPSA) is 21.3 Å². The van der Waals surface area contributed by atoms with Crippen molar-refractivity contribution in [3.05, 3.63) is 29.3 Å². The molecule has 2 nitrogen and oxygen atoms in total. The Morgan fingerprint density at radius 1 is 1.24 bits per heavy atom. The van der Waals surface area contributed by atoms with Crippen molar-refractivity contribution in [2.45, 2.75) is 65.8 Å². The van der Waals surface area contributed by atoms with Gasteiger partial charge in [0, 0.05) is 12.5 Å². The van der Waals surface area contributed by atoms with Gasteiger partial charge in [0.25, 0.3) is 0 Å². The zero-order valence-corrected chi connectivity index (χ0v) is 14.2. The quantitative estimate of drug-likeness (QED) is 0.753. The molecule has 0 saturated carbocycles. The molecule has 1 unspecified atom stereocenters. The molecule has 0 bridgehead atoms. The maximum absolute atomic E-state index is 5.57. The van der Waals surface area contributed by atoms with Crippen LogP contribution in [0.25, 0.3) is 0 Å². The lowest BCUT2D eigenvalue weighted by Crippen LogP contribution is -2.40. The van der Waals surface area contributed by atoms with Crippen LogP contribution in [0.15, 0.2) is 18.2 Å². The van der Waals surface area contributed by atoms with Crippen molar-refractivity contribution in [1.29, 1.82) is 0 Å². The van der Waals surface area contributed by atoms with Gasteiger partial charge in [-0.15, -0.1) is 0 Å². The Labute approximate surface area is 130 Å². The van der Waals surface area contributed by atoms with E-state index >= 15 is 0 Å². The van der Waals surface area contributed by atoms with E-state index < -0.39 is 0 Å². The normalized spacial score (nSPS) is 15.6. The highest BCUT2D eigenvalue weighted by Crippen LogP contribution is 2.27. The number of aryl methyl sites for hydroxylation is 1. The van der Waals surface area contributed by atoms with Crippen molar-refractivity contribution in [3.8, 4) is 5.75 Å². The third-order valence-corrected chi connectivity index (χ3v) is 4.46. The first kappa shape index (κ1) is 16.4. The van der Waals surface area contributed by atoms with E-state index in [0.29, 0.717) is 11.5 Å². The molecule has 0 aromatic heterocycles. The molecular formula is C19H31NO. The Bertz CT molecular complexity index is 447. The van der Waals surface area contributed by atoms with E-state index in [0.717, 1.165) is 25.3 Å². The molecule has 0 amide bonds. The van der Waals surface area contributed by atoms with Crippen molar-refractivity contribution in [3.63, 3.8) is 0 Å². The summed E-state index contributed by atoms with van der Waals surface area (Å²) in [6.45, 7) is 11.1. The fourth-order valence-electron chi connectivity index (χ4n) is 3.16. The van der Waals surface area contributed by atoms with Gasteiger partial charge in [-0.1, -0.05) is 46.2 Å². The second-order valence-corrected chi connectivity index (χ2v) is 7.26. The zero-order chi connectivity index (χ0) is 15.3. The third-order valence-electron chi connectivity index (χ3n) is 4.46. The van der Waals surface area contributed by atoms with Gasteiger partial charge in [-0.25, -0.2) is 0 Å². The van der Waals surface area contributed by atoms with Gasteiger partial charge in [-0.2, -0.15) is 0 Å². The summed E-state index contributed by atoms with van der Waals surface area (Å²) in [5.74, 6) is 1.10. The van der Waals surface area contributed by atoms with Gasteiger partial charge in [0.2, 0.25) is 0 Å². The minimum Gasteiger partial charge on any atom is -0.493 e. The average molecular weight is 289 g/mol. The maximum Gasteiger partial charge on any atom is 0.122 e. The monoisotopic (exact) mass is 289 g/mol. The molecule has 1 aliphatic rings. The van der Waals surface area contributed by atoms with Crippen LogP contribution in [0.2, 0.25) is 0 Å². The highest BCUT2D eigenvalue weighted by molar-refractivity contribution is 5.39. The van der Waals surface area contributed by atoms with E-state index in [1.165, 1.54) is 36.8 Å². The molecule has 21 heavy (non-hydrogen) atoms. The van der Waals surface area contributed by atoms with Gasteiger partial charge in [0.15, 0.2) is 0 Å². The average Bonchev–Trinajstić information content (AvgIpc) is 2.88. The number of hydrogen-bond donors (Lipinski definition) is 1. The van der Waals surface area contributed by atoms with Crippen LogP contribution in [0.1, 0.15) is 58.1 Å². The summed E-state index contributed by atoms with van der Waals surface area (Å²) in [6, 6.07) is 7.34. The molecule has 2 heteroatoms. The number of rotatable bonds is 7. The fourth-order valence-corrected chi connectivity index (χ4v) is 3.16. The zero-order valence-electron chi connectivity index (χ0n) is 14.2. The molecule has 118 valence electrons. The predicted molar refractivity (Wildman–Crippen MR) is 90.1 cm³/mol. The van der Waals surface area contributed by atoms with Crippen molar-refractivity contribution in [2.75, 3.05) is 13.2 Å². The highest BCUT2D eigenvalue weighted by Gasteiger charge is 2.22. The van der Waals surface area contributed by atoms with E-state index in [4.69, 9.17) is 4.74 Å². The maximum atomic E-state index is 5.57. The lowest BCUT2D eigenvalue weighted by Gasteiger charge is -2.31. The number of fused-ring (bicyclic) bond motifs is 1. The molecular weight excluding hydrogens is 258 g/mol. The molecule has 1 heterocycles. The van der Waals surface area contributed by atoms with Gasteiger partial charge in [0.1, 0.15) is 5.75 Å². The number of unbranched alkanes of at least 4 members (excludes halogenated alkanes) is 1. The van der Waals surface area contributed by atoms with Crippen LogP contribution in [0.4, 0.5) is 0 Å². The van der Waals surface area contributed by atoms with Gasteiger partial charge < -0.3 is 10.1 Å². The number of nitrogens with one attached hydrogen (secondary N) is 1. The summed E-state index contributed by atoms with van der Waals surface area (Å²) in [7, 11) is 0. The molecule has 1 atom stereocenters. The summed E-state index contributed by atoms with van der Waals surface area (Å²) < 4.78 is 5.57. The van der Waals surface area contributed by atoms with Gasteiger partial charge >= 0.3 is 0 Å². The van der Waals surface area contributed by atoms with Crippen LogP contribution in [0.3, 0.4) is 0 Å². The molecule has 0 saturated heterocycles. The van der Waals surface area contributed by atoms with Crippen LogP contribution in [0.5, 0.6) is 5.75 Å². The summed E-state index contributed by atoms with van der Waals surface area (Å²) in [6.07, 6.45) is 6.11. The largest absolute Gasteiger partial charge is 0.493 e. The molecule has 0 aliphatic carbocycles. The molecule has 1 aromatic rings. The summed E-state index contributed by atoms with van der Waals surface area (Å²) in [4.78, 5) is 0. The molecule has 0 spiro atoms. The lowest BCUT2D eigenvalue weighted by molar-refractivity contribution is 0.253.